The first-order chi connectivity index (χ1) is 12.0. The second kappa shape index (κ2) is 6.97. The SMILES string of the molecule is CCOc1cc2oc(C)c(Oc3ccc(F)cc3)c(=O)c2cc1CC. The monoisotopic (exact) mass is 342 g/mol. The van der Waals surface area contributed by atoms with E-state index >= 15 is 0 Å². The van der Waals surface area contributed by atoms with Gasteiger partial charge in [-0.3, -0.25) is 4.79 Å². The van der Waals surface area contributed by atoms with Gasteiger partial charge < -0.3 is 13.9 Å². The zero-order valence-electron chi connectivity index (χ0n) is 14.4. The number of ether oxygens (including phenoxy) is 2. The molecule has 25 heavy (non-hydrogen) atoms. The molecule has 130 valence electrons. The summed E-state index contributed by atoms with van der Waals surface area (Å²) in [4.78, 5) is 12.9. The lowest BCUT2D eigenvalue weighted by molar-refractivity contribution is 0.336. The van der Waals surface area contributed by atoms with E-state index in [4.69, 9.17) is 13.9 Å². The molecule has 0 N–H and O–H groups in total. The van der Waals surface area contributed by atoms with Crippen LogP contribution in [-0.4, -0.2) is 6.61 Å². The van der Waals surface area contributed by atoms with E-state index in [0.29, 0.717) is 34.8 Å². The third kappa shape index (κ3) is 3.36. The van der Waals surface area contributed by atoms with Crippen molar-refractivity contribution < 1.29 is 18.3 Å². The zero-order valence-corrected chi connectivity index (χ0v) is 14.4. The van der Waals surface area contributed by atoms with Crippen molar-refractivity contribution in [1.82, 2.24) is 0 Å². The van der Waals surface area contributed by atoms with Gasteiger partial charge >= 0.3 is 0 Å². The summed E-state index contributed by atoms with van der Waals surface area (Å²) in [5.74, 6) is 1.18. The molecular formula is C20H19FO4. The molecule has 0 saturated heterocycles. The van der Waals surface area contributed by atoms with Crippen LogP contribution in [0.25, 0.3) is 11.0 Å². The van der Waals surface area contributed by atoms with Crippen LogP contribution in [0.1, 0.15) is 25.2 Å². The van der Waals surface area contributed by atoms with Gasteiger partial charge in [0.25, 0.3) is 0 Å². The van der Waals surface area contributed by atoms with Gasteiger partial charge in [-0.1, -0.05) is 6.92 Å². The van der Waals surface area contributed by atoms with Gasteiger partial charge in [0, 0.05) is 6.07 Å². The van der Waals surface area contributed by atoms with E-state index in [0.717, 1.165) is 12.0 Å². The van der Waals surface area contributed by atoms with E-state index in [2.05, 4.69) is 0 Å². The maximum absolute atomic E-state index is 13.0. The molecule has 0 bridgehead atoms. The van der Waals surface area contributed by atoms with Crippen LogP contribution < -0.4 is 14.9 Å². The number of rotatable bonds is 5. The van der Waals surface area contributed by atoms with Crippen molar-refractivity contribution in [2.45, 2.75) is 27.2 Å². The predicted molar refractivity (Wildman–Crippen MR) is 94.2 cm³/mol. The summed E-state index contributed by atoms with van der Waals surface area (Å²) in [5.41, 5.74) is 1.12. The summed E-state index contributed by atoms with van der Waals surface area (Å²) in [6.45, 7) is 6.10. The maximum atomic E-state index is 13.0. The highest BCUT2D eigenvalue weighted by Crippen LogP contribution is 2.30. The molecule has 1 heterocycles. The van der Waals surface area contributed by atoms with Crippen molar-refractivity contribution >= 4 is 11.0 Å². The molecule has 0 radical (unpaired) electrons. The number of benzene rings is 2. The van der Waals surface area contributed by atoms with Crippen molar-refractivity contribution in [3.05, 3.63) is 63.8 Å². The summed E-state index contributed by atoms with van der Waals surface area (Å²) in [5, 5.41) is 0.433. The predicted octanol–water partition coefficient (Wildman–Crippen LogP) is 4.99. The molecule has 5 heteroatoms. The minimum absolute atomic E-state index is 0.102. The van der Waals surface area contributed by atoms with E-state index in [-0.39, 0.29) is 17.0 Å². The molecule has 0 aliphatic carbocycles. The average Bonchev–Trinajstić information content (AvgIpc) is 2.60. The number of halogens is 1. The van der Waals surface area contributed by atoms with E-state index in [1.54, 1.807) is 19.1 Å². The van der Waals surface area contributed by atoms with Crippen LogP contribution >= 0.6 is 0 Å². The smallest absolute Gasteiger partial charge is 0.235 e. The second-order valence-electron chi connectivity index (χ2n) is 5.62. The topological polar surface area (TPSA) is 48.7 Å². The molecule has 0 spiro atoms. The van der Waals surface area contributed by atoms with Crippen molar-refractivity contribution in [3.8, 4) is 17.2 Å². The molecule has 0 aliphatic heterocycles. The Bertz CT molecular complexity index is 958. The van der Waals surface area contributed by atoms with Crippen LogP contribution in [-0.2, 0) is 6.42 Å². The average molecular weight is 342 g/mol. The van der Waals surface area contributed by atoms with Gasteiger partial charge in [-0.15, -0.1) is 0 Å². The fourth-order valence-electron chi connectivity index (χ4n) is 2.67. The van der Waals surface area contributed by atoms with Crippen LogP contribution in [0.2, 0.25) is 0 Å². The molecule has 0 saturated carbocycles. The fourth-order valence-corrected chi connectivity index (χ4v) is 2.67. The van der Waals surface area contributed by atoms with Gasteiger partial charge in [0.15, 0.2) is 0 Å². The largest absolute Gasteiger partial charge is 0.493 e. The van der Waals surface area contributed by atoms with Gasteiger partial charge in [0.2, 0.25) is 11.2 Å². The van der Waals surface area contributed by atoms with Crippen molar-refractivity contribution in [3.63, 3.8) is 0 Å². The minimum Gasteiger partial charge on any atom is -0.493 e. The minimum atomic E-state index is -0.370. The first kappa shape index (κ1) is 17.0. The molecule has 0 aliphatic rings. The quantitative estimate of drug-likeness (QED) is 0.655. The van der Waals surface area contributed by atoms with E-state index in [1.807, 2.05) is 13.8 Å². The summed E-state index contributed by atoms with van der Waals surface area (Å²) >= 11 is 0. The normalized spacial score (nSPS) is 10.9. The summed E-state index contributed by atoms with van der Waals surface area (Å²) < 4.78 is 30.1. The molecule has 2 aromatic carbocycles. The molecule has 0 amide bonds. The summed E-state index contributed by atoms with van der Waals surface area (Å²) in [6.07, 6.45) is 0.729. The molecule has 3 rings (SSSR count). The third-order valence-electron chi connectivity index (χ3n) is 3.91. The molecular weight excluding hydrogens is 323 g/mol. The van der Waals surface area contributed by atoms with Crippen molar-refractivity contribution in [2.24, 2.45) is 0 Å². The number of hydrogen-bond donors (Lipinski definition) is 0. The van der Waals surface area contributed by atoms with Gasteiger partial charge in [-0.2, -0.15) is 0 Å². The summed E-state index contributed by atoms with van der Waals surface area (Å²) in [6, 6.07) is 9.01. The Morgan fingerprint density at radius 3 is 2.48 bits per heavy atom. The Balaban J connectivity index is 2.12. The van der Waals surface area contributed by atoms with Gasteiger partial charge in [0.05, 0.1) is 12.0 Å². The Kier molecular flexibility index (Phi) is 4.74. The number of aryl methyl sites for hydroxylation is 2. The van der Waals surface area contributed by atoms with E-state index < -0.39 is 0 Å². The first-order valence-electron chi connectivity index (χ1n) is 8.20. The number of fused-ring (bicyclic) bond motifs is 1. The lowest BCUT2D eigenvalue weighted by Crippen LogP contribution is -2.08. The van der Waals surface area contributed by atoms with Crippen molar-refractivity contribution in [2.75, 3.05) is 6.61 Å². The lowest BCUT2D eigenvalue weighted by Gasteiger charge is -2.12. The van der Waals surface area contributed by atoms with E-state index in [1.165, 1.54) is 24.3 Å². The first-order valence-corrected chi connectivity index (χ1v) is 8.20. The van der Waals surface area contributed by atoms with Gasteiger partial charge in [-0.05, 0) is 56.2 Å². The molecule has 0 unspecified atom stereocenters. The highest BCUT2D eigenvalue weighted by Gasteiger charge is 2.16. The van der Waals surface area contributed by atoms with Gasteiger partial charge in [0.1, 0.15) is 28.7 Å². The van der Waals surface area contributed by atoms with Crippen molar-refractivity contribution in [1.29, 1.82) is 0 Å². The van der Waals surface area contributed by atoms with Crippen LogP contribution in [0, 0.1) is 12.7 Å². The van der Waals surface area contributed by atoms with Crippen LogP contribution in [0.15, 0.2) is 45.6 Å². The standard InChI is InChI=1S/C20H19FO4/c1-4-13-10-16-18(11-17(13)23-5-2)24-12(3)20(19(16)22)25-15-8-6-14(21)7-9-15/h6-11H,4-5H2,1-3H3. The summed E-state index contributed by atoms with van der Waals surface area (Å²) in [7, 11) is 0. The Morgan fingerprint density at radius 2 is 1.84 bits per heavy atom. The maximum Gasteiger partial charge on any atom is 0.235 e. The van der Waals surface area contributed by atoms with Crippen LogP contribution in [0.5, 0.6) is 17.2 Å². The van der Waals surface area contributed by atoms with Crippen LogP contribution in [0.4, 0.5) is 4.39 Å². The fraction of sp³-hybridized carbons (Fsp3) is 0.250. The molecule has 4 nitrogen and oxygen atoms in total. The third-order valence-corrected chi connectivity index (χ3v) is 3.91. The van der Waals surface area contributed by atoms with Gasteiger partial charge in [-0.25, -0.2) is 4.39 Å². The Hall–Kier alpha value is -2.82. The van der Waals surface area contributed by atoms with Crippen LogP contribution in [0.3, 0.4) is 0 Å². The highest BCUT2D eigenvalue weighted by atomic mass is 19.1. The van der Waals surface area contributed by atoms with E-state index in [9.17, 15) is 9.18 Å². The molecule has 3 aromatic rings. The Morgan fingerprint density at radius 1 is 1.12 bits per heavy atom. The lowest BCUT2D eigenvalue weighted by atomic mass is 10.1. The highest BCUT2D eigenvalue weighted by molar-refractivity contribution is 5.81. The zero-order chi connectivity index (χ0) is 18.0. The second-order valence-corrected chi connectivity index (χ2v) is 5.62. The number of hydrogen-bond acceptors (Lipinski definition) is 4. The molecule has 1 aromatic heterocycles. The molecule has 0 fully saturated rings. The Labute approximate surface area is 144 Å². The molecule has 0 atom stereocenters.